The zero-order valence-electron chi connectivity index (χ0n) is 25.5. The highest BCUT2D eigenvalue weighted by Gasteiger charge is 2.30. The largest absolute Gasteiger partial charge is 0.496 e. The number of pyridine rings is 1. The number of hydrogen-bond acceptors (Lipinski definition) is 8. The Bertz CT molecular complexity index is 1410. The zero-order chi connectivity index (χ0) is 30.3. The maximum absolute atomic E-state index is 9.56. The van der Waals surface area contributed by atoms with E-state index in [-0.39, 0.29) is 13.2 Å². The molecule has 0 spiro atoms. The van der Waals surface area contributed by atoms with Crippen LogP contribution >= 0.6 is 0 Å². The number of fused-ring (bicyclic) bond motifs is 1. The highest BCUT2D eigenvalue weighted by molar-refractivity contribution is 7.85. The number of anilines is 1. The molecule has 2 aromatic heterocycles. The van der Waals surface area contributed by atoms with Crippen LogP contribution in [0.2, 0.25) is 0 Å². The van der Waals surface area contributed by atoms with Crippen molar-refractivity contribution in [3.05, 3.63) is 41.6 Å². The summed E-state index contributed by atoms with van der Waals surface area (Å²) in [5.74, 6) is 2.75. The van der Waals surface area contributed by atoms with Gasteiger partial charge in [-0.1, -0.05) is 20.4 Å². The predicted molar refractivity (Wildman–Crippen MR) is 171 cm³/mol. The molecule has 0 atom stereocenters. The molecule has 43 heavy (non-hydrogen) atoms. The Hall–Kier alpha value is -2.86. The average molecular weight is 620 g/mol. The first-order chi connectivity index (χ1) is 20.2. The van der Waals surface area contributed by atoms with Gasteiger partial charge in [-0.3, -0.25) is 4.55 Å². The van der Waals surface area contributed by atoms with Gasteiger partial charge in [0, 0.05) is 33.4 Å². The fraction of sp³-hybridized carbons (Fsp3) is 0.594. The Kier molecular flexibility index (Phi) is 12.7. The van der Waals surface area contributed by atoms with E-state index >= 15 is 0 Å². The molecule has 0 bridgehead atoms. The van der Waals surface area contributed by atoms with Gasteiger partial charge in [0.05, 0.1) is 54.7 Å². The third kappa shape index (κ3) is 8.84. The molecule has 10 nitrogen and oxygen atoms in total. The average Bonchev–Trinajstić information content (AvgIpc) is 3.73. The first-order valence-electron chi connectivity index (χ1n) is 14.8. The summed E-state index contributed by atoms with van der Waals surface area (Å²) in [6, 6.07) is 10.5. The van der Waals surface area contributed by atoms with E-state index < -0.39 is 10.1 Å². The minimum absolute atomic E-state index is 0. The van der Waals surface area contributed by atoms with E-state index in [9.17, 15) is 8.42 Å². The van der Waals surface area contributed by atoms with Crippen LogP contribution in [0.4, 0.5) is 5.69 Å². The predicted octanol–water partition coefficient (Wildman–Crippen LogP) is 5.90. The summed E-state index contributed by atoms with van der Waals surface area (Å²) in [4.78, 5) is 2.63. The second-order valence-corrected chi connectivity index (χ2v) is 12.7. The van der Waals surface area contributed by atoms with E-state index in [0.29, 0.717) is 12.5 Å². The molecule has 2 aliphatic rings. The number of benzene rings is 1. The van der Waals surface area contributed by atoms with Crippen molar-refractivity contribution in [3.8, 4) is 22.8 Å². The zero-order valence-corrected chi connectivity index (χ0v) is 26.3. The van der Waals surface area contributed by atoms with Gasteiger partial charge >= 0.3 is 0 Å². The van der Waals surface area contributed by atoms with Crippen LogP contribution in [-0.4, -0.2) is 76.0 Å². The highest BCUT2D eigenvalue weighted by Crippen LogP contribution is 2.42. The van der Waals surface area contributed by atoms with Crippen molar-refractivity contribution in [1.29, 1.82) is 0 Å². The molecule has 3 aromatic rings. The third-order valence-electron chi connectivity index (χ3n) is 7.84. The van der Waals surface area contributed by atoms with Crippen LogP contribution in [0.1, 0.15) is 58.2 Å². The Balaban J connectivity index is 0.000000658. The lowest BCUT2D eigenvalue weighted by molar-refractivity contribution is 0.0681. The van der Waals surface area contributed by atoms with Crippen LogP contribution < -0.4 is 14.4 Å². The maximum Gasteiger partial charge on any atom is 0.264 e. The van der Waals surface area contributed by atoms with Crippen molar-refractivity contribution in [2.24, 2.45) is 11.8 Å². The number of aryl methyl sites for hydroxylation is 1. The van der Waals surface area contributed by atoms with Crippen LogP contribution in [-0.2, 0) is 32.6 Å². The second kappa shape index (κ2) is 15.7. The van der Waals surface area contributed by atoms with E-state index in [1.807, 2.05) is 12.1 Å². The smallest absolute Gasteiger partial charge is 0.264 e. The monoisotopic (exact) mass is 619 g/mol. The van der Waals surface area contributed by atoms with E-state index in [0.717, 1.165) is 91.0 Å². The molecule has 2 fully saturated rings. The van der Waals surface area contributed by atoms with Crippen molar-refractivity contribution in [2.45, 2.75) is 60.0 Å². The van der Waals surface area contributed by atoms with Gasteiger partial charge in [-0.15, -0.1) is 0 Å². The van der Waals surface area contributed by atoms with Crippen molar-refractivity contribution in [3.63, 3.8) is 0 Å². The Morgan fingerprint density at radius 2 is 1.58 bits per heavy atom. The van der Waals surface area contributed by atoms with E-state index in [1.54, 1.807) is 21.3 Å². The third-order valence-corrected chi connectivity index (χ3v) is 8.57. The summed E-state index contributed by atoms with van der Waals surface area (Å²) in [5.41, 5.74) is 6.44. The molecule has 3 heterocycles. The number of ether oxygens (including phenoxy) is 4. The van der Waals surface area contributed by atoms with Gasteiger partial charge in [0.15, 0.2) is 0 Å². The minimum Gasteiger partial charge on any atom is -0.496 e. The lowest BCUT2D eigenvalue weighted by Crippen LogP contribution is -2.34. The van der Waals surface area contributed by atoms with E-state index in [4.69, 9.17) is 28.6 Å². The van der Waals surface area contributed by atoms with Gasteiger partial charge in [0.2, 0.25) is 0 Å². The molecule has 5 rings (SSSR count). The number of rotatable bonds is 12. The highest BCUT2D eigenvalue weighted by atomic mass is 32.2. The minimum atomic E-state index is -3.66. The summed E-state index contributed by atoms with van der Waals surface area (Å²) in [7, 11) is 1.43. The summed E-state index contributed by atoms with van der Waals surface area (Å²) >= 11 is 0. The first-order valence-corrected chi connectivity index (χ1v) is 16.4. The van der Waals surface area contributed by atoms with E-state index in [1.165, 1.54) is 25.5 Å². The molecule has 11 heteroatoms. The molecule has 240 valence electrons. The molecular weight excluding hydrogens is 570 g/mol. The molecule has 1 saturated heterocycles. The van der Waals surface area contributed by atoms with Crippen molar-refractivity contribution in [1.82, 2.24) is 9.61 Å². The number of aromatic nitrogens is 2. The maximum atomic E-state index is 9.56. The molecule has 0 radical (unpaired) electrons. The molecule has 0 unspecified atom stereocenters. The van der Waals surface area contributed by atoms with Gasteiger partial charge in [0.1, 0.15) is 11.5 Å². The molecule has 0 amide bonds. The van der Waals surface area contributed by atoms with Crippen LogP contribution in [0.25, 0.3) is 16.8 Å². The van der Waals surface area contributed by atoms with Crippen LogP contribution in [0.5, 0.6) is 11.5 Å². The number of methoxy groups -OCH3 is 3. The van der Waals surface area contributed by atoms with Crippen molar-refractivity contribution in [2.75, 3.05) is 58.3 Å². The summed E-state index contributed by atoms with van der Waals surface area (Å²) < 4.78 is 51.7. The van der Waals surface area contributed by atoms with E-state index in [2.05, 4.69) is 34.5 Å². The molecule has 1 aliphatic heterocycles. The lowest BCUT2D eigenvalue weighted by Gasteiger charge is -2.31. The first kappa shape index (κ1) is 34.6. The SMILES string of the molecule is C.CCS(=O)(=O)O.CCc1nn2c(-c3c(OC)cc(COC)cc3OC)cccc2c1N(CC1CCOCC1)CC1CC1. The molecule has 1 aromatic carbocycles. The standard InChI is InChI=1S/C29H39N3O4.C2H6O3S.CH4/c1-5-23-29(31(17-20-9-10-20)18-21-11-13-36-14-12-21)25-8-6-7-24(32(25)30-23)28-26(34-3)15-22(19-33-2)16-27(28)35-4;1-2-6(3,4)5;/h6-8,15-16,20-21H,5,9-14,17-19H2,1-4H3;2H2,1H3,(H,3,4,5);1H4. The van der Waals surface area contributed by atoms with Gasteiger partial charge < -0.3 is 23.8 Å². The summed E-state index contributed by atoms with van der Waals surface area (Å²) in [6.07, 6.45) is 5.81. The molecule has 1 saturated carbocycles. The number of nitrogens with zero attached hydrogens (tertiary/aromatic N) is 3. The van der Waals surface area contributed by atoms with Crippen molar-refractivity contribution >= 4 is 21.3 Å². The van der Waals surface area contributed by atoms with Crippen molar-refractivity contribution < 1.29 is 31.9 Å². The Morgan fingerprint density at radius 3 is 2.07 bits per heavy atom. The number of hydrogen-bond donors (Lipinski definition) is 1. The van der Waals surface area contributed by atoms with Gasteiger partial charge in [-0.05, 0) is 80.7 Å². The second-order valence-electron chi connectivity index (χ2n) is 10.9. The molecule has 1 aliphatic carbocycles. The topological polar surface area (TPSA) is 112 Å². The molecule has 1 N–H and O–H groups in total. The fourth-order valence-electron chi connectivity index (χ4n) is 5.45. The summed E-state index contributed by atoms with van der Waals surface area (Å²) in [6.45, 7) is 7.99. The molecular formula is C32H49N3O7S. The normalized spacial score (nSPS) is 15.4. The Labute approximate surface area is 257 Å². The van der Waals surface area contributed by atoms with Crippen LogP contribution in [0.15, 0.2) is 30.3 Å². The lowest BCUT2D eigenvalue weighted by atomic mass is 9.99. The fourth-order valence-corrected chi connectivity index (χ4v) is 5.45. The quantitative estimate of drug-likeness (QED) is 0.248. The van der Waals surface area contributed by atoms with Gasteiger partial charge in [0.25, 0.3) is 10.1 Å². The Morgan fingerprint density at radius 1 is 1.00 bits per heavy atom. The van der Waals surface area contributed by atoms with Crippen LogP contribution in [0, 0.1) is 11.8 Å². The van der Waals surface area contributed by atoms with Gasteiger partial charge in [-0.2, -0.15) is 13.5 Å². The van der Waals surface area contributed by atoms with Gasteiger partial charge in [-0.25, -0.2) is 4.52 Å². The summed E-state index contributed by atoms with van der Waals surface area (Å²) in [5, 5.41) is 5.17. The van der Waals surface area contributed by atoms with Crippen LogP contribution in [0.3, 0.4) is 0 Å².